The summed E-state index contributed by atoms with van der Waals surface area (Å²) >= 11 is -0.750. The summed E-state index contributed by atoms with van der Waals surface area (Å²) in [6, 6.07) is 0. The average Bonchev–Trinajstić information content (AvgIpc) is 1.69. The van der Waals surface area contributed by atoms with Crippen molar-refractivity contribution < 1.29 is 8.42 Å². The van der Waals surface area contributed by atoms with Gasteiger partial charge in [-0.2, -0.15) is 8.42 Å². The van der Waals surface area contributed by atoms with Gasteiger partial charge in [-0.05, 0) is 6.42 Å². The molecule has 0 aromatic heterocycles. The molecule has 0 atom stereocenters. The Bertz CT molecular complexity index is 64.1. The van der Waals surface area contributed by atoms with E-state index < -0.39 is 11.6 Å². The molecule has 0 fully saturated rings. The maximum absolute atomic E-state index is 8.29. The molecule has 0 radical (unpaired) electrons. The van der Waals surface area contributed by atoms with Gasteiger partial charge < -0.3 is 0 Å². The minimum atomic E-state index is -0.750. The van der Waals surface area contributed by atoms with E-state index >= 15 is 0 Å². The van der Waals surface area contributed by atoms with Crippen LogP contribution in [0.3, 0.4) is 0 Å². The topological polar surface area (TPSA) is 34.1 Å². The average molecular weight is 120 g/mol. The molecule has 0 unspecified atom stereocenters. The second kappa shape index (κ2) is 17.6. The van der Waals surface area contributed by atoms with E-state index in [2.05, 4.69) is 13.5 Å². The van der Waals surface area contributed by atoms with Crippen molar-refractivity contribution in [1.82, 2.24) is 0 Å². The fraction of sp³-hybridized carbons (Fsp3) is 0.500. The molecule has 2 nitrogen and oxygen atoms in total. The number of hydrogen-bond acceptors (Lipinski definition) is 2. The minimum Gasteiger partial charge on any atom is -0.168 e. The summed E-state index contributed by atoms with van der Waals surface area (Å²) in [4.78, 5) is 0. The van der Waals surface area contributed by atoms with Crippen LogP contribution in [-0.4, -0.2) is 8.42 Å². The first-order valence-corrected chi connectivity index (χ1v) is 2.52. The standard InChI is InChI=1S/C4H8.O2S/c1-3-4-2;1-3-2/h3H,1,4H2,2H3;. The van der Waals surface area contributed by atoms with Crippen LogP contribution in [0.4, 0.5) is 0 Å². The lowest BCUT2D eigenvalue weighted by molar-refractivity contribution is 0.630. The molecule has 0 aliphatic carbocycles. The van der Waals surface area contributed by atoms with Crippen LogP contribution in [-0.2, 0) is 11.6 Å². The number of allylic oxidation sites excluding steroid dienone is 1. The molecule has 0 aromatic carbocycles. The minimum absolute atomic E-state index is 0.750. The van der Waals surface area contributed by atoms with E-state index in [0.717, 1.165) is 6.42 Å². The highest BCUT2D eigenvalue weighted by molar-refractivity contribution is 7.51. The molecule has 0 heterocycles. The Balaban J connectivity index is 0. The van der Waals surface area contributed by atoms with E-state index in [0.29, 0.717) is 0 Å². The Labute approximate surface area is 46.8 Å². The van der Waals surface area contributed by atoms with Crippen molar-refractivity contribution in [3.05, 3.63) is 12.7 Å². The van der Waals surface area contributed by atoms with Crippen LogP contribution in [0.15, 0.2) is 12.7 Å². The zero-order valence-electron chi connectivity index (χ0n) is 4.22. The van der Waals surface area contributed by atoms with Gasteiger partial charge >= 0.3 is 11.6 Å². The third kappa shape index (κ3) is 225. The predicted molar refractivity (Wildman–Crippen MR) is 29.4 cm³/mol. The van der Waals surface area contributed by atoms with Gasteiger partial charge in [0.15, 0.2) is 0 Å². The van der Waals surface area contributed by atoms with Gasteiger partial charge in [0.25, 0.3) is 0 Å². The summed E-state index contributed by atoms with van der Waals surface area (Å²) in [5.41, 5.74) is 0. The van der Waals surface area contributed by atoms with Crippen LogP contribution < -0.4 is 0 Å². The highest BCUT2D eigenvalue weighted by atomic mass is 32.1. The van der Waals surface area contributed by atoms with Gasteiger partial charge in [-0.1, -0.05) is 13.0 Å². The normalized spacial score (nSPS) is 5.29. The van der Waals surface area contributed by atoms with Crippen molar-refractivity contribution in [3.8, 4) is 0 Å². The zero-order valence-corrected chi connectivity index (χ0v) is 5.03. The molecular formula is C4H8O2S. The van der Waals surface area contributed by atoms with Gasteiger partial charge in [-0.3, -0.25) is 0 Å². The largest absolute Gasteiger partial charge is 0.335 e. The van der Waals surface area contributed by atoms with E-state index in [-0.39, 0.29) is 0 Å². The summed E-state index contributed by atoms with van der Waals surface area (Å²) in [5, 5.41) is 0. The molecule has 0 aromatic rings. The second-order valence-corrected chi connectivity index (χ2v) is 0.901. The number of hydrogen-bond donors (Lipinski definition) is 0. The molecule has 0 rings (SSSR count). The van der Waals surface area contributed by atoms with Crippen molar-refractivity contribution >= 4 is 11.6 Å². The Kier molecular flexibility index (Phi) is 24.6. The van der Waals surface area contributed by atoms with E-state index in [1.165, 1.54) is 0 Å². The molecule has 0 aliphatic heterocycles. The Morgan fingerprint density at radius 3 is 1.86 bits per heavy atom. The van der Waals surface area contributed by atoms with Crippen molar-refractivity contribution in [2.45, 2.75) is 13.3 Å². The van der Waals surface area contributed by atoms with Gasteiger partial charge in [-0.25, -0.2) is 0 Å². The van der Waals surface area contributed by atoms with Crippen molar-refractivity contribution in [1.29, 1.82) is 0 Å². The summed E-state index contributed by atoms with van der Waals surface area (Å²) in [7, 11) is 0. The van der Waals surface area contributed by atoms with Crippen molar-refractivity contribution in [2.24, 2.45) is 0 Å². The summed E-state index contributed by atoms with van der Waals surface area (Å²) < 4.78 is 16.6. The third-order valence-electron chi connectivity index (χ3n) is 0.289. The van der Waals surface area contributed by atoms with Crippen LogP contribution >= 0.6 is 0 Å². The highest BCUT2D eigenvalue weighted by Gasteiger charge is 1.45. The lowest BCUT2D eigenvalue weighted by Gasteiger charge is -1.57. The Morgan fingerprint density at radius 1 is 1.71 bits per heavy atom. The number of rotatable bonds is 1. The first kappa shape index (κ1) is 9.75. The fourth-order valence-corrected chi connectivity index (χ4v) is 0. The second-order valence-electron chi connectivity index (χ2n) is 0.765. The van der Waals surface area contributed by atoms with Crippen LogP contribution in [0, 0.1) is 0 Å². The molecule has 42 valence electrons. The Morgan fingerprint density at radius 2 is 1.86 bits per heavy atom. The van der Waals surface area contributed by atoms with Gasteiger partial charge in [0.1, 0.15) is 0 Å². The fourth-order valence-electron chi connectivity index (χ4n) is 0. The van der Waals surface area contributed by atoms with E-state index in [9.17, 15) is 0 Å². The first-order chi connectivity index (χ1) is 3.33. The van der Waals surface area contributed by atoms with E-state index in [4.69, 9.17) is 8.42 Å². The molecule has 0 saturated carbocycles. The lowest BCUT2D eigenvalue weighted by atomic mass is 10.5. The molecule has 3 heteroatoms. The molecule has 0 spiro atoms. The molecular weight excluding hydrogens is 112 g/mol. The summed E-state index contributed by atoms with van der Waals surface area (Å²) in [6.07, 6.45) is 2.96. The molecule has 0 bridgehead atoms. The molecule has 0 N–H and O–H groups in total. The predicted octanol–water partition coefficient (Wildman–Crippen LogP) is 0.912. The summed E-state index contributed by atoms with van der Waals surface area (Å²) in [5.74, 6) is 0. The van der Waals surface area contributed by atoms with Crippen molar-refractivity contribution in [3.63, 3.8) is 0 Å². The van der Waals surface area contributed by atoms with Gasteiger partial charge in [-0.15, -0.1) is 6.58 Å². The quantitative estimate of drug-likeness (QED) is 0.482. The SMILES string of the molecule is C=CCC.O=S=O. The lowest BCUT2D eigenvalue weighted by Crippen LogP contribution is -1.36. The molecule has 7 heavy (non-hydrogen) atoms. The van der Waals surface area contributed by atoms with E-state index in [1.54, 1.807) is 0 Å². The van der Waals surface area contributed by atoms with Crippen LogP contribution in [0.25, 0.3) is 0 Å². The smallest absolute Gasteiger partial charge is 0.168 e. The van der Waals surface area contributed by atoms with Crippen molar-refractivity contribution in [2.75, 3.05) is 0 Å². The van der Waals surface area contributed by atoms with Crippen LogP contribution in [0.2, 0.25) is 0 Å². The maximum Gasteiger partial charge on any atom is 0.335 e. The molecule has 0 saturated heterocycles. The molecule has 0 amide bonds. The Hall–Kier alpha value is -0.440. The highest BCUT2D eigenvalue weighted by Crippen LogP contribution is 1.66. The maximum atomic E-state index is 8.29. The van der Waals surface area contributed by atoms with Crippen LogP contribution in [0.5, 0.6) is 0 Å². The van der Waals surface area contributed by atoms with Gasteiger partial charge in [0, 0.05) is 0 Å². The van der Waals surface area contributed by atoms with Crippen LogP contribution in [0.1, 0.15) is 13.3 Å². The first-order valence-electron chi connectivity index (χ1n) is 1.86. The monoisotopic (exact) mass is 120 g/mol. The molecule has 0 aliphatic rings. The van der Waals surface area contributed by atoms with E-state index in [1.807, 2.05) is 6.08 Å². The zero-order chi connectivity index (χ0) is 6.12. The third-order valence-corrected chi connectivity index (χ3v) is 0.289. The van der Waals surface area contributed by atoms with Gasteiger partial charge in [0.2, 0.25) is 0 Å². The summed E-state index contributed by atoms with van der Waals surface area (Å²) in [6.45, 7) is 5.54. The van der Waals surface area contributed by atoms with Gasteiger partial charge in [0.05, 0.1) is 0 Å².